The Morgan fingerprint density at radius 3 is 2.32 bits per heavy atom. The first kappa shape index (κ1) is 51.9. The number of unbranched alkanes of at least 4 members (excludes halogenated alkanes) is 2. The van der Waals surface area contributed by atoms with Crippen LogP contribution in [0.5, 0.6) is 23.0 Å². The third-order valence-electron chi connectivity index (χ3n) is 13.5. The van der Waals surface area contributed by atoms with Crippen molar-refractivity contribution in [2.45, 2.75) is 109 Å². The van der Waals surface area contributed by atoms with E-state index < -0.39 is 35.5 Å². The third kappa shape index (κ3) is 12.6. The smallest absolute Gasteiger partial charge is 0.412 e. The van der Waals surface area contributed by atoms with E-state index in [4.69, 9.17) is 43.2 Å². The lowest BCUT2D eigenvalue weighted by Gasteiger charge is -2.60. The molecule has 3 N–H and O–H groups in total. The number of nitrogens with zero attached hydrogens (tertiary/aromatic N) is 2. The molecule has 4 aromatic rings. The molecule has 384 valence electrons. The maximum absolute atomic E-state index is 15.1. The molecule has 2 aliphatic carbocycles. The molecule has 72 heavy (non-hydrogen) atoms. The highest BCUT2D eigenvalue weighted by molar-refractivity contribution is 6.03. The number of hydrogen-bond acceptors (Lipinski definition) is 13. The summed E-state index contributed by atoms with van der Waals surface area (Å²) in [5.41, 5.74) is 4.28. The molecule has 6 unspecified atom stereocenters. The molecular formula is C57H69N3O12. The van der Waals surface area contributed by atoms with Gasteiger partial charge in [-0.3, -0.25) is 4.90 Å². The summed E-state index contributed by atoms with van der Waals surface area (Å²) >= 11 is 0. The summed E-state index contributed by atoms with van der Waals surface area (Å²) in [6, 6.07) is 29.5. The number of amides is 2. The minimum absolute atomic E-state index is 0.0183. The highest BCUT2D eigenvalue weighted by atomic mass is 16.7. The van der Waals surface area contributed by atoms with Crippen LogP contribution in [0.2, 0.25) is 0 Å². The molecule has 15 nitrogen and oxygen atoms in total. The fourth-order valence-electron chi connectivity index (χ4n) is 10.4. The van der Waals surface area contributed by atoms with Crippen LogP contribution in [0, 0.1) is 17.8 Å². The van der Waals surface area contributed by atoms with E-state index in [0.29, 0.717) is 48.2 Å². The minimum Gasteiger partial charge on any atom is -0.459 e. The van der Waals surface area contributed by atoms with Crippen LogP contribution in [0.25, 0.3) is 0 Å². The molecule has 15 heteroatoms. The number of oxime groups is 1. The Morgan fingerprint density at radius 1 is 0.861 bits per heavy atom. The highest BCUT2D eigenvalue weighted by Crippen LogP contribution is 2.62. The predicted octanol–water partition coefficient (Wildman–Crippen LogP) is 9.99. The summed E-state index contributed by atoms with van der Waals surface area (Å²) in [6.45, 7) is 10.9. The van der Waals surface area contributed by atoms with Gasteiger partial charge in [-0.1, -0.05) is 96.9 Å². The standard InChI is InChI=1S/C57H69N3O12/c1-5-28-69-57-51(60(36-41-22-24-49-50(31-41)68-38-67-49)55(64)66-30-29-65-37-40-18-10-7-11-19-40)34-47(59-72-56(2,3)4)45-32-42(20-12-14-26-61)44(21-13-15-27-62)52(53(45)57)46-33-43(23-25-48(46)71-57)70-54(63)58-35-39-16-8-6-9-17-39/h5-11,16-19,22-25,31-33,42,44,51-53,61-62H,1,12-15,20-21,26-30,34-38H2,2-4H3,(H,58,63). The van der Waals surface area contributed by atoms with Gasteiger partial charge < -0.3 is 53.5 Å². The second-order valence-electron chi connectivity index (χ2n) is 19.7. The molecule has 2 heterocycles. The Morgan fingerprint density at radius 2 is 1.58 bits per heavy atom. The molecule has 1 saturated carbocycles. The maximum Gasteiger partial charge on any atom is 0.412 e. The molecule has 4 aromatic carbocycles. The van der Waals surface area contributed by atoms with E-state index in [9.17, 15) is 15.0 Å². The van der Waals surface area contributed by atoms with E-state index in [1.165, 1.54) is 0 Å². The van der Waals surface area contributed by atoms with Crippen LogP contribution in [0.15, 0.2) is 127 Å². The number of hydrogen-bond donors (Lipinski definition) is 3. The summed E-state index contributed by atoms with van der Waals surface area (Å²) < 4.78 is 44.2. The Bertz CT molecular complexity index is 2510. The first-order valence-electron chi connectivity index (χ1n) is 25.2. The number of allylic oxidation sites excluding steroid dienone is 1. The molecule has 0 spiro atoms. The summed E-state index contributed by atoms with van der Waals surface area (Å²) in [4.78, 5) is 36.5. The van der Waals surface area contributed by atoms with Gasteiger partial charge in [-0.2, -0.15) is 0 Å². The number of aliphatic hydroxyl groups is 2. The van der Waals surface area contributed by atoms with E-state index in [1.807, 2.05) is 112 Å². The fraction of sp³-hybridized carbons (Fsp3) is 0.456. The van der Waals surface area contributed by atoms with Crippen LogP contribution in [-0.4, -0.2) is 90.3 Å². The number of rotatable bonds is 23. The molecule has 4 aliphatic rings. The lowest BCUT2D eigenvalue weighted by molar-refractivity contribution is -0.256. The van der Waals surface area contributed by atoms with Gasteiger partial charge in [0.25, 0.3) is 0 Å². The zero-order valence-electron chi connectivity index (χ0n) is 41.7. The fourth-order valence-corrected chi connectivity index (χ4v) is 10.4. The van der Waals surface area contributed by atoms with Crippen molar-refractivity contribution in [3.05, 3.63) is 144 Å². The zero-order chi connectivity index (χ0) is 50.5. The number of carbonyl (C=O) groups excluding carboxylic acids is 2. The monoisotopic (exact) mass is 987 g/mol. The number of carbonyl (C=O) groups is 2. The van der Waals surface area contributed by atoms with Gasteiger partial charge in [0.15, 0.2) is 11.5 Å². The van der Waals surface area contributed by atoms with Gasteiger partial charge in [0.05, 0.1) is 31.5 Å². The van der Waals surface area contributed by atoms with E-state index in [2.05, 4.69) is 18.0 Å². The number of ether oxygens (including phenoxy) is 7. The van der Waals surface area contributed by atoms with Gasteiger partial charge in [0.1, 0.15) is 29.7 Å². The summed E-state index contributed by atoms with van der Waals surface area (Å²) in [6.07, 6.45) is 7.06. The first-order chi connectivity index (χ1) is 35.0. The van der Waals surface area contributed by atoms with Crippen LogP contribution >= 0.6 is 0 Å². The van der Waals surface area contributed by atoms with Crippen molar-refractivity contribution in [3.8, 4) is 23.0 Å². The predicted molar refractivity (Wildman–Crippen MR) is 271 cm³/mol. The van der Waals surface area contributed by atoms with Crippen molar-refractivity contribution in [3.63, 3.8) is 0 Å². The van der Waals surface area contributed by atoms with Gasteiger partial charge in [-0.25, -0.2) is 9.59 Å². The SMILES string of the molecule is C=CCOC12Oc3ccc(OC(=O)NCc4ccccc4)cc3C3C(CCCCO)C(CCCCO)C=C(C(=NOC(C)(C)C)CC1N(Cc1ccc4c(c1)OCO4)C(=O)OCCOCc1ccccc1)C32. The molecular weight excluding hydrogens is 919 g/mol. The van der Waals surface area contributed by atoms with Crippen molar-refractivity contribution >= 4 is 17.9 Å². The molecule has 0 radical (unpaired) electrons. The zero-order valence-corrected chi connectivity index (χ0v) is 41.7. The topological polar surface area (TPSA) is 176 Å². The second kappa shape index (κ2) is 24.4. The lowest BCUT2D eigenvalue weighted by atomic mass is 9.55. The van der Waals surface area contributed by atoms with Crippen molar-refractivity contribution in [1.82, 2.24) is 10.2 Å². The van der Waals surface area contributed by atoms with Gasteiger partial charge in [0.2, 0.25) is 12.6 Å². The summed E-state index contributed by atoms with van der Waals surface area (Å²) in [5, 5.41) is 27.9. The lowest BCUT2D eigenvalue weighted by Crippen LogP contribution is -2.70. The second-order valence-corrected chi connectivity index (χ2v) is 19.7. The molecule has 2 aliphatic heterocycles. The molecule has 0 aromatic heterocycles. The van der Waals surface area contributed by atoms with Gasteiger partial charge in [0, 0.05) is 44.2 Å². The van der Waals surface area contributed by atoms with Gasteiger partial charge in [-0.15, -0.1) is 6.58 Å². The average Bonchev–Trinajstić information content (AvgIpc) is 3.86. The normalized spacial score (nSPS) is 22.2. The average molecular weight is 988 g/mol. The maximum atomic E-state index is 15.1. The number of benzene rings is 4. The minimum atomic E-state index is -1.58. The molecule has 8 rings (SSSR count). The van der Waals surface area contributed by atoms with E-state index in [0.717, 1.165) is 53.5 Å². The summed E-state index contributed by atoms with van der Waals surface area (Å²) in [7, 11) is 0. The van der Waals surface area contributed by atoms with Gasteiger partial charge >= 0.3 is 12.2 Å². The molecule has 0 saturated heterocycles. The van der Waals surface area contributed by atoms with Crippen LogP contribution in [0.3, 0.4) is 0 Å². The summed E-state index contributed by atoms with van der Waals surface area (Å²) in [5.74, 6) is -0.681. The molecule has 0 bridgehead atoms. The van der Waals surface area contributed by atoms with Crippen molar-refractivity contribution in [2.75, 3.05) is 39.8 Å². The third-order valence-corrected chi connectivity index (χ3v) is 13.5. The van der Waals surface area contributed by atoms with E-state index in [1.54, 1.807) is 17.0 Å². The van der Waals surface area contributed by atoms with Crippen LogP contribution in [0.1, 0.15) is 93.9 Å². The molecule has 1 fully saturated rings. The van der Waals surface area contributed by atoms with Crippen LogP contribution in [-0.2, 0) is 38.7 Å². The van der Waals surface area contributed by atoms with Crippen molar-refractivity contribution in [1.29, 1.82) is 0 Å². The Labute approximate surface area is 422 Å². The first-order valence-corrected chi connectivity index (χ1v) is 25.2. The van der Waals surface area contributed by atoms with Crippen LogP contribution in [0.4, 0.5) is 9.59 Å². The largest absolute Gasteiger partial charge is 0.459 e. The Kier molecular flexibility index (Phi) is 17.6. The van der Waals surface area contributed by atoms with Crippen molar-refractivity contribution in [2.24, 2.45) is 22.9 Å². The Balaban J connectivity index is 1.25. The number of aliphatic hydroxyl groups excluding tert-OH is 2. The van der Waals surface area contributed by atoms with Crippen molar-refractivity contribution < 1.29 is 57.8 Å². The van der Waals surface area contributed by atoms with E-state index in [-0.39, 0.29) is 77.1 Å². The quantitative estimate of drug-likeness (QED) is 0.0365. The van der Waals surface area contributed by atoms with Gasteiger partial charge in [-0.05, 0) is 111 Å². The van der Waals surface area contributed by atoms with Crippen LogP contribution < -0.4 is 24.3 Å². The van der Waals surface area contributed by atoms with E-state index >= 15 is 4.79 Å². The Hall–Kier alpha value is -6.39. The highest BCUT2D eigenvalue weighted by Gasteiger charge is 2.66. The number of nitrogens with one attached hydrogen (secondary N) is 1. The number of fused-ring (bicyclic) bond motifs is 3. The molecule has 2 amide bonds. The molecule has 6 atom stereocenters.